The van der Waals surface area contributed by atoms with Gasteiger partial charge in [-0.05, 0) is 46.6 Å². The first-order valence-corrected chi connectivity index (χ1v) is 8.45. The van der Waals surface area contributed by atoms with Crippen molar-refractivity contribution >= 4 is 17.1 Å². The van der Waals surface area contributed by atoms with Gasteiger partial charge in [0, 0.05) is 25.8 Å². The second kappa shape index (κ2) is 7.20. The summed E-state index contributed by atoms with van der Waals surface area (Å²) in [5, 5.41) is 0. The van der Waals surface area contributed by atoms with Gasteiger partial charge >= 0.3 is 6.09 Å². The number of rotatable bonds is 5. The summed E-state index contributed by atoms with van der Waals surface area (Å²) in [6.45, 7) is 10.4. The van der Waals surface area contributed by atoms with Crippen LogP contribution in [0.4, 0.5) is 4.79 Å². The predicted octanol–water partition coefficient (Wildman–Crippen LogP) is 3.95. The first kappa shape index (κ1) is 18.2. The van der Waals surface area contributed by atoms with Crippen LogP contribution in [-0.4, -0.2) is 44.7 Å². The number of fused-ring (bicyclic) bond motifs is 1. The SMILES string of the molecule is CCC(CCN(C)C(=O)OC(C)(C)C)n1c(C)nc2cnccc21. The van der Waals surface area contributed by atoms with Gasteiger partial charge in [0.1, 0.15) is 16.9 Å². The number of carbonyl (C=O) groups excluding carboxylic acids is 1. The molecule has 2 rings (SSSR count). The maximum Gasteiger partial charge on any atom is 0.410 e. The zero-order valence-corrected chi connectivity index (χ0v) is 15.5. The van der Waals surface area contributed by atoms with Crippen molar-refractivity contribution < 1.29 is 9.53 Å². The maximum absolute atomic E-state index is 12.1. The molecule has 0 bridgehead atoms. The topological polar surface area (TPSA) is 60.2 Å². The number of aromatic nitrogens is 3. The summed E-state index contributed by atoms with van der Waals surface area (Å²) < 4.78 is 7.66. The predicted molar refractivity (Wildman–Crippen MR) is 95.1 cm³/mol. The van der Waals surface area contributed by atoms with E-state index in [4.69, 9.17) is 4.74 Å². The molecule has 1 unspecified atom stereocenters. The van der Waals surface area contributed by atoms with Gasteiger partial charge in [-0.3, -0.25) is 4.98 Å². The molecule has 1 amide bonds. The lowest BCUT2D eigenvalue weighted by atomic mass is 10.1. The molecule has 0 N–H and O–H groups in total. The summed E-state index contributed by atoms with van der Waals surface area (Å²) >= 11 is 0. The van der Waals surface area contributed by atoms with E-state index in [0.717, 1.165) is 29.7 Å². The number of nitrogens with zero attached hydrogens (tertiary/aromatic N) is 4. The Morgan fingerprint density at radius 1 is 1.42 bits per heavy atom. The average molecular weight is 332 g/mol. The molecule has 2 aromatic heterocycles. The van der Waals surface area contributed by atoms with E-state index in [-0.39, 0.29) is 12.1 Å². The van der Waals surface area contributed by atoms with Gasteiger partial charge < -0.3 is 14.2 Å². The lowest BCUT2D eigenvalue weighted by molar-refractivity contribution is 0.0291. The van der Waals surface area contributed by atoms with Gasteiger partial charge in [0.25, 0.3) is 0 Å². The molecular formula is C18H28N4O2. The maximum atomic E-state index is 12.1. The van der Waals surface area contributed by atoms with Crippen LogP contribution in [-0.2, 0) is 4.74 Å². The van der Waals surface area contributed by atoms with Crippen LogP contribution >= 0.6 is 0 Å². The normalized spacial score (nSPS) is 13.1. The molecule has 6 nitrogen and oxygen atoms in total. The quantitative estimate of drug-likeness (QED) is 0.832. The third kappa shape index (κ3) is 4.24. The van der Waals surface area contributed by atoms with Gasteiger partial charge in [-0.2, -0.15) is 0 Å². The molecule has 0 aliphatic rings. The molecule has 132 valence electrons. The Balaban J connectivity index is 2.09. The lowest BCUT2D eigenvalue weighted by Gasteiger charge is -2.26. The number of imidazole rings is 1. The number of hydrogen-bond acceptors (Lipinski definition) is 4. The molecule has 0 aliphatic carbocycles. The minimum atomic E-state index is -0.473. The summed E-state index contributed by atoms with van der Waals surface area (Å²) in [4.78, 5) is 22.5. The molecule has 24 heavy (non-hydrogen) atoms. The largest absolute Gasteiger partial charge is 0.444 e. The van der Waals surface area contributed by atoms with E-state index in [1.165, 1.54) is 0 Å². The van der Waals surface area contributed by atoms with Gasteiger partial charge in [0.15, 0.2) is 0 Å². The minimum absolute atomic E-state index is 0.280. The van der Waals surface area contributed by atoms with Crippen molar-refractivity contribution in [1.82, 2.24) is 19.4 Å². The molecule has 0 spiro atoms. The first-order chi connectivity index (χ1) is 11.2. The number of amides is 1. The van der Waals surface area contributed by atoms with Gasteiger partial charge in [-0.1, -0.05) is 6.92 Å². The monoisotopic (exact) mass is 332 g/mol. The van der Waals surface area contributed by atoms with Crippen molar-refractivity contribution in [2.75, 3.05) is 13.6 Å². The molecule has 0 saturated heterocycles. The molecule has 2 heterocycles. The van der Waals surface area contributed by atoms with Crippen molar-refractivity contribution in [3.63, 3.8) is 0 Å². The smallest absolute Gasteiger partial charge is 0.410 e. The highest BCUT2D eigenvalue weighted by Gasteiger charge is 2.21. The Morgan fingerprint density at radius 2 is 2.12 bits per heavy atom. The lowest BCUT2D eigenvalue weighted by Crippen LogP contribution is -2.35. The van der Waals surface area contributed by atoms with Crippen LogP contribution in [0.1, 0.15) is 52.4 Å². The van der Waals surface area contributed by atoms with E-state index in [0.29, 0.717) is 6.54 Å². The first-order valence-electron chi connectivity index (χ1n) is 8.45. The second-order valence-corrected chi connectivity index (χ2v) is 7.15. The standard InChI is InChI=1S/C18H28N4O2/c1-7-14(9-11-21(6)17(23)24-18(3,4)5)22-13(2)20-15-12-19-10-8-16(15)22/h8,10,12,14H,7,9,11H2,1-6H3. The van der Waals surface area contributed by atoms with Crippen LogP contribution < -0.4 is 0 Å². The van der Waals surface area contributed by atoms with E-state index in [2.05, 4.69) is 21.5 Å². The van der Waals surface area contributed by atoms with E-state index < -0.39 is 5.60 Å². The van der Waals surface area contributed by atoms with Gasteiger partial charge in [-0.15, -0.1) is 0 Å². The highest BCUT2D eigenvalue weighted by Crippen LogP contribution is 2.25. The summed E-state index contributed by atoms with van der Waals surface area (Å²) in [7, 11) is 1.78. The fraction of sp³-hybridized carbons (Fsp3) is 0.611. The van der Waals surface area contributed by atoms with Gasteiger partial charge in [-0.25, -0.2) is 9.78 Å². The van der Waals surface area contributed by atoms with Crippen molar-refractivity contribution in [1.29, 1.82) is 0 Å². The van der Waals surface area contributed by atoms with Crippen LogP contribution in [0, 0.1) is 6.92 Å². The zero-order chi connectivity index (χ0) is 17.9. The fourth-order valence-electron chi connectivity index (χ4n) is 2.82. The molecule has 0 aromatic carbocycles. The van der Waals surface area contributed by atoms with E-state index >= 15 is 0 Å². The third-order valence-corrected chi connectivity index (χ3v) is 4.01. The van der Waals surface area contributed by atoms with E-state index in [1.54, 1.807) is 24.3 Å². The zero-order valence-electron chi connectivity index (χ0n) is 15.5. The molecule has 0 fully saturated rings. The van der Waals surface area contributed by atoms with Crippen LogP contribution in [0.2, 0.25) is 0 Å². The third-order valence-electron chi connectivity index (χ3n) is 4.01. The van der Waals surface area contributed by atoms with Crippen LogP contribution in [0.5, 0.6) is 0 Å². The van der Waals surface area contributed by atoms with Crippen LogP contribution in [0.15, 0.2) is 18.5 Å². The number of aryl methyl sites for hydroxylation is 1. The fourth-order valence-corrected chi connectivity index (χ4v) is 2.82. The minimum Gasteiger partial charge on any atom is -0.444 e. The molecule has 0 saturated carbocycles. The number of carbonyl (C=O) groups is 1. The molecule has 6 heteroatoms. The van der Waals surface area contributed by atoms with Crippen molar-refractivity contribution in [2.24, 2.45) is 0 Å². The summed E-state index contributed by atoms with van der Waals surface area (Å²) in [5.41, 5.74) is 1.53. The highest BCUT2D eigenvalue weighted by atomic mass is 16.6. The van der Waals surface area contributed by atoms with Gasteiger partial charge in [0.05, 0.1) is 11.7 Å². The highest BCUT2D eigenvalue weighted by molar-refractivity contribution is 5.74. The number of pyridine rings is 1. The second-order valence-electron chi connectivity index (χ2n) is 7.15. The number of hydrogen-bond donors (Lipinski definition) is 0. The summed E-state index contributed by atoms with van der Waals surface area (Å²) in [5.74, 6) is 0.977. The summed E-state index contributed by atoms with van der Waals surface area (Å²) in [6, 6.07) is 2.28. The molecular weight excluding hydrogens is 304 g/mol. The van der Waals surface area contributed by atoms with E-state index in [9.17, 15) is 4.79 Å². The Bertz CT molecular complexity index is 703. The van der Waals surface area contributed by atoms with Crippen LogP contribution in [0.3, 0.4) is 0 Å². The summed E-state index contributed by atoms with van der Waals surface area (Å²) in [6.07, 6.45) is 5.11. The Morgan fingerprint density at radius 3 is 2.75 bits per heavy atom. The van der Waals surface area contributed by atoms with Crippen molar-refractivity contribution in [3.8, 4) is 0 Å². The van der Waals surface area contributed by atoms with Crippen molar-refractivity contribution in [2.45, 2.75) is 59.1 Å². The van der Waals surface area contributed by atoms with Gasteiger partial charge in [0.2, 0.25) is 0 Å². The Kier molecular flexibility index (Phi) is 5.47. The molecule has 0 radical (unpaired) electrons. The molecule has 0 aliphatic heterocycles. The Labute approximate surface area is 143 Å². The van der Waals surface area contributed by atoms with Crippen molar-refractivity contribution in [3.05, 3.63) is 24.3 Å². The average Bonchev–Trinajstić information content (AvgIpc) is 2.82. The van der Waals surface area contributed by atoms with Crippen LogP contribution in [0.25, 0.3) is 11.0 Å². The van der Waals surface area contributed by atoms with E-state index in [1.807, 2.05) is 33.8 Å². The molecule has 2 aromatic rings. The Hall–Kier alpha value is -2.11. The number of ether oxygens (including phenoxy) is 1. The molecule has 1 atom stereocenters.